The van der Waals surface area contributed by atoms with Crippen molar-refractivity contribution in [2.45, 2.75) is 45.1 Å². The van der Waals surface area contributed by atoms with Crippen molar-refractivity contribution < 1.29 is 9.53 Å². The summed E-state index contributed by atoms with van der Waals surface area (Å²) in [7, 11) is 1.65. The number of nitrogens with zero attached hydrogens (tertiary/aromatic N) is 4. The number of nitrogens with one attached hydrogen (secondary N) is 1. The van der Waals surface area contributed by atoms with Gasteiger partial charge in [0.05, 0.1) is 18.8 Å². The van der Waals surface area contributed by atoms with E-state index in [2.05, 4.69) is 22.4 Å². The third kappa shape index (κ3) is 5.19. The second-order valence-corrected chi connectivity index (χ2v) is 8.58. The zero-order chi connectivity index (χ0) is 21.6. The number of pyridine rings is 1. The minimum absolute atomic E-state index is 0.0192. The predicted molar refractivity (Wildman–Crippen MR) is 122 cm³/mol. The van der Waals surface area contributed by atoms with E-state index in [1.54, 1.807) is 7.11 Å². The molecule has 1 amide bonds. The van der Waals surface area contributed by atoms with Gasteiger partial charge in [-0.3, -0.25) is 4.79 Å². The minimum Gasteiger partial charge on any atom is -0.497 e. The molecular formula is C23H27N5O2S. The van der Waals surface area contributed by atoms with Crippen molar-refractivity contribution in [3.8, 4) is 5.75 Å². The molecule has 4 rings (SSSR count). The van der Waals surface area contributed by atoms with Crippen molar-refractivity contribution in [1.82, 2.24) is 20.1 Å². The van der Waals surface area contributed by atoms with Gasteiger partial charge in [0.15, 0.2) is 0 Å². The first-order valence-electron chi connectivity index (χ1n) is 10.6. The summed E-state index contributed by atoms with van der Waals surface area (Å²) >= 11 is 1.53. The fraction of sp³-hybridized carbons (Fsp3) is 0.391. The monoisotopic (exact) mass is 437 g/mol. The number of hydrogen-bond donors (Lipinski definition) is 1. The van der Waals surface area contributed by atoms with Gasteiger partial charge in [-0.05, 0) is 55.5 Å². The van der Waals surface area contributed by atoms with Gasteiger partial charge in [-0.25, -0.2) is 4.98 Å². The van der Waals surface area contributed by atoms with Gasteiger partial charge >= 0.3 is 0 Å². The summed E-state index contributed by atoms with van der Waals surface area (Å²) in [6.07, 6.45) is 4.00. The fourth-order valence-electron chi connectivity index (χ4n) is 3.82. The Hall–Kier alpha value is -3.00. The van der Waals surface area contributed by atoms with E-state index in [0.717, 1.165) is 65.2 Å². The molecule has 1 aliphatic heterocycles. The predicted octanol–water partition coefficient (Wildman–Crippen LogP) is 4.54. The Bertz CT molecular complexity index is 1020. The Morgan fingerprint density at radius 3 is 2.81 bits per heavy atom. The summed E-state index contributed by atoms with van der Waals surface area (Å²) in [5.74, 6) is 1.73. The number of hydrogen-bond acceptors (Lipinski definition) is 7. The number of aromatic nitrogens is 3. The lowest BCUT2D eigenvalue weighted by atomic mass is 10.1. The summed E-state index contributed by atoms with van der Waals surface area (Å²) in [5, 5.41) is 13.3. The van der Waals surface area contributed by atoms with Gasteiger partial charge < -0.3 is 15.0 Å². The van der Waals surface area contributed by atoms with Crippen LogP contribution in [0.1, 0.15) is 48.5 Å². The van der Waals surface area contributed by atoms with Crippen LogP contribution in [0.5, 0.6) is 5.75 Å². The van der Waals surface area contributed by atoms with Gasteiger partial charge in [0.1, 0.15) is 16.6 Å². The highest BCUT2D eigenvalue weighted by Crippen LogP contribution is 2.32. The number of benzene rings is 1. The number of rotatable bonds is 8. The van der Waals surface area contributed by atoms with Gasteiger partial charge in [-0.1, -0.05) is 36.5 Å². The molecule has 0 bridgehead atoms. The maximum absolute atomic E-state index is 13.0. The second kappa shape index (κ2) is 9.87. The number of methoxy groups -OCH3 is 1. The molecule has 3 aromatic rings. The molecule has 162 valence electrons. The highest BCUT2D eigenvalue weighted by Gasteiger charge is 2.30. The van der Waals surface area contributed by atoms with E-state index in [9.17, 15) is 4.79 Å². The number of likely N-dealkylation sites (tertiary alicyclic amines) is 1. The normalized spacial score (nSPS) is 15.8. The van der Waals surface area contributed by atoms with Gasteiger partial charge in [-0.15, -0.1) is 10.2 Å². The molecule has 1 atom stereocenters. The van der Waals surface area contributed by atoms with E-state index in [1.807, 2.05) is 47.4 Å². The fourth-order valence-corrected chi connectivity index (χ4v) is 4.51. The number of anilines is 2. The van der Waals surface area contributed by atoms with Crippen LogP contribution in [0.25, 0.3) is 0 Å². The first-order valence-corrected chi connectivity index (χ1v) is 11.5. The molecule has 0 spiro atoms. The quantitative estimate of drug-likeness (QED) is 0.557. The van der Waals surface area contributed by atoms with E-state index in [4.69, 9.17) is 9.72 Å². The molecule has 1 saturated heterocycles. The van der Waals surface area contributed by atoms with Crippen LogP contribution in [0, 0.1) is 0 Å². The van der Waals surface area contributed by atoms with Crippen LogP contribution >= 0.6 is 11.3 Å². The average Bonchev–Trinajstić information content (AvgIpc) is 3.48. The molecule has 1 aromatic carbocycles. The van der Waals surface area contributed by atoms with Crippen molar-refractivity contribution in [2.75, 3.05) is 19.0 Å². The molecule has 31 heavy (non-hydrogen) atoms. The van der Waals surface area contributed by atoms with Crippen LogP contribution in [0.2, 0.25) is 0 Å². The van der Waals surface area contributed by atoms with Crippen molar-refractivity contribution >= 4 is 28.2 Å². The Kier molecular flexibility index (Phi) is 6.76. The van der Waals surface area contributed by atoms with Crippen LogP contribution in [0.4, 0.5) is 10.9 Å². The molecule has 1 N–H and O–H groups in total. The number of amides is 1. The average molecular weight is 438 g/mol. The van der Waals surface area contributed by atoms with Crippen LogP contribution < -0.4 is 10.1 Å². The van der Waals surface area contributed by atoms with E-state index in [1.165, 1.54) is 11.3 Å². The van der Waals surface area contributed by atoms with Crippen LogP contribution in [-0.2, 0) is 17.6 Å². The van der Waals surface area contributed by atoms with Gasteiger partial charge in [0, 0.05) is 13.0 Å². The molecule has 8 heteroatoms. The molecular weight excluding hydrogens is 410 g/mol. The number of carbonyl (C=O) groups is 1. The van der Waals surface area contributed by atoms with Crippen molar-refractivity contribution in [3.63, 3.8) is 0 Å². The minimum atomic E-state index is 0.0192. The van der Waals surface area contributed by atoms with Crippen molar-refractivity contribution in [3.05, 3.63) is 58.7 Å². The van der Waals surface area contributed by atoms with Crippen molar-refractivity contribution in [1.29, 1.82) is 0 Å². The standard InChI is InChI=1S/C23H27N5O2S/c1-3-21-26-27-23(31-21)25-20-8-4-6-18(24-20)19-7-5-15-28(19)22(29)14-11-16-9-12-17(30-2)13-10-16/h4,6,8-10,12-13,19H,3,5,7,11,14-15H2,1-2H3,(H,24,25,27). The smallest absolute Gasteiger partial charge is 0.223 e. The number of ether oxygens (including phenoxy) is 1. The first-order chi connectivity index (χ1) is 15.2. The summed E-state index contributed by atoms with van der Waals surface area (Å²) in [4.78, 5) is 19.7. The Morgan fingerprint density at radius 2 is 2.06 bits per heavy atom. The summed E-state index contributed by atoms with van der Waals surface area (Å²) < 4.78 is 5.20. The highest BCUT2D eigenvalue weighted by atomic mass is 32.1. The molecule has 7 nitrogen and oxygen atoms in total. The van der Waals surface area contributed by atoms with Gasteiger partial charge in [0.2, 0.25) is 11.0 Å². The Labute approximate surface area is 186 Å². The number of carbonyl (C=O) groups excluding carboxylic acids is 1. The van der Waals surface area contributed by atoms with Crippen LogP contribution in [0.15, 0.2) is 42.5 Å². The lowest BCUT2D eigenvalue weighted by Gasteiger charge is -2.25. The summed E-state index contributed by atoms with van der Waals surface area (Å²) in [6.45, 7) is 2.84. The summed E-state index contributed by atoms with van der Waals surface area (Å²) in [5.41, 5.74) is 2.05. The van der Waals surface area contributed by atoms with E-state index in [-0.39, 0.29) is 11.9 Å². The summed E-state index contributed by atoms with van der Waals surface area (Å²) in [6, 6.07) is 13.8. The molecule has 1 fully saturated rings. The molecule has 1 aliphatic rings. The SMILES string of the molecule is CCc1nnc(Nc2cccc(C3CCCN3C(=O)CCc3ccc(OC)cc3)n2)s1. The lowest BCUT2D eigenvalue weighted by molar-refractivity contribution is -0.132. The molecule has 2 aromatic heterocycles. The van der Waals surface area contributed by atoms with Crippen molar-refractivity contribution in [2.24, 2.45) is 0 Å². The topological polar surface area (TPSA) is 80.2 Å². The first kappa shape index (κ1) is 21.2. The van der Waals surface area contributed by atoms with Crippen LogP contribution in [-0.4, -0.2) is 39.6 Å². The number of aryl methyl sites for hydroxylation is 2. The maximum Gasteiger partial charge on any atom is 0.223 e. The van der Waals surface area contributed by atoms with E-state index in [0.29, 0.717) is 6.42 Å². The maximum atomic E-state index is 13.0. The lowest BCUT2D eigenvalue weighted by Crippen LogP contribution is -2.31. The largest absolute Gasteiger partial charge is 0.497 e. The van der Waals surface area contributed by atoms with Gasteiger partial charge in [0.25, 0.3) is 0 Å². The molecule has 0 saturated carbocycles. The molecule has 1 unspecified atom stereocenters. The Balaban J connectivity index is 1.40. The second-order valence-electron chi connectivity index (χ2n) is 7.52. The Morgan fingerprint density at radius 1 is 1.23 bits per heavy atom. The molecule has 3 heterocycles. The third-order valence-electron chi connectivity index (χ3n) is 5.48. The van der Waals surface area contributed by atoms with Crippen LogP contribution in [0.3, 0.4) is 0 Å². The highest BCUT2D eigenvalue weighted by molar-refractivity contribution is 7.15. The third-order valence-corrected chi connectivity index (χ3v) is 6.46. The van der Waals surface area contributed by atoms with E-state index < -0.39 is 0 Å². The molecule has 0 radical (unpaired) electrons. The van der Waals surface area contributed by atoms with E-state index >= 15 is 0 Å². The molecule has 0 aliphatic carbocycles. The zero-order valence-electron chi connectivity index (χ0n) is 17.9. The van der Waals surface area contributed by atoms with Gasteiger partial charge in [-0.2, -0.15) is 0 Å². The zero-order valence-corrected chi connectivity index (χ0v) is 18.7.